The molecule has 0 rings (SSSR count). The van der Waals surface area contributed by atoms with Gasteiger partial charge in [-0.3, -0.25) is 14.4 Å². The molecule has 0 aromatic heterocycles. The van der Waals surface area contributed by atoms with Gasteiger partial charge in [-0.15, -0.1) is 0 Å². The Morgan fingerprint density at radius 1 is 0.328 bits per heavy atom. The van der Waals surface area contributed by atoms with Gasteiger partial charge in [-0.25, -0.2) is 0 Å². The van der Waals surface area contributed by atoms with E-state index in [0.29, 0.717) is 19.3 Å². The highest BCUT2D eigenvalue weighted by molar-refractivity contribution is 5.71. The summed E-state index contributed by atoms with van der Waals surface area (Å²) in [6.07, 6.45) is 64.9. The minimum absolute atomic E-state index is 0.0813. The lowest BCUT2D eigenvalue weighted by Crippen LogP contribution is -2.30. The van der Waals surface area contributed by atoms with Crippen LogP contribution in [0.25, 0.3) is 0 Å². The van der Waals surface area contributed by atoms with Gasteiger partial charge < -0.3 is 14.2 Å². The second-order valence-corrected chi connectivity index (χ2v) is 18.1. The molecular weight excluding hydrogens is 793 g/mol. The van der Waals surface area contributed by atoms with E-state index in [0.717, 1.165) is 96.3 Å². The summed E-state index contributed by atoms with van der Waals surface area (Å²) < 4.78 is 16.8. The van der Waals surface area contributed by atoms with Crippen molar-refractivity contribution in [2.45, 2.75) is 277 Å². The zero-order chi connectivity index (χ0) is 46.5. The van der Waals surface area contributed by atoms with Crippen LogP contribution in [0, 0.1) is 0 Å². The van der Waals surface area contributed by atoms with Crippen LogP contribution in [0.4, 0.5) is 0 Å². The standard InChI is InChI=1S/C58H102O6/c1-4-7-10-13-16-19-22-24-26-28-29-30-32-33-36-39-42-45-48-51-57(60)63-54-55(53-62-56(59)50-47-44-41-38-35-21-18-15-12-9-6-3)64-58(61)52-49-46-43-40-37-34-31-27-25-23-20-17-14-11-8-5-2/h7,10,15-16,18-19,24,26,29-30,55H,4-6,8-9,11-14,17,20-23,25,27-28,31-54H2,1-3H3/b10-7-,18-15-,19-16-,26-24-,30-29-. The van der Waals surface area contributed by atoms with Crippen molar-refractivity contribution in [1.82, 2.24) is 0 Å². The van der Waals surface area contributed by atoms with Gasteiger partial charge in [0.25, 0.3) is 0 Å². The van der Waals surface area contributed by atoms with Crippen LogP contribution in [0.15, 0.2) is 60.8 Å². The van der Waals surface area contributed by atoms with E-state index < -0.39 is 6.10 Å². The van der Waals surface area contributed by atoms with Crippen LogP contribution in [0.1, 0.15) is 271 Å². The fourth-order valence-corrected chi connectivity index (χ4v) is 7.65. The third-order valence-corrected chi connectivity index (χ3v) is 11.8. The van der Waals surface area contributed by atoms with E-state index in [1.54, 1.807) is 0 Å². The van der Waals surface area contributed by atoms with Crippen molar-refractivity contribution in [1.29, 1.82) is 0 Å². The highest BCUT2D eigenvalue weighted by Crippen LogP contribution is 2.16. The summed E-state index contributed by atoms with van der Waals surface area (Å²) in [7, 11) is 0. The molecule has 370 valence electrons. The molecule has 1 unspecified atom stereocenters. The number of unbranched alkanes of at least 4 members (excludes halogenated alkanes) is 28. The number of esters is 3. The number of allylic oxidation sites excluding steroid dienone is 10. The second kappa shape index (κ2) is 52.7. The van der Waals surface area contributed by atoms with Crippen molar-refractivity contribution >= 4 is 17.9 Å². The van der Waals surface area contributed by atoms with Gasteiger partial charge in [0, 0.05) is 19.3 Å². The molecule has 1 atom stereocenters. The number of ether oxygens (including phenoxy) is 3. The molecule has 0 aliphatic rings. The normalized spacial score (nSPS) is 12.5. The predicted molar refractivity (Wildman–Crippen MR) is 275 cm³/mol. The lowest BCUT2D eigenvalue weighted by Gasteiger charge is -2.18. The maximum atomic E-state index is 12.8. The molecular formula is C58H102O6. The number of carbonyl (C=O) groups excluding carboxylic acids is 3. The smallest absolute Gasteiger partial charge is 0.306 e. The minimum atomic E-state index is -0.781. The molecule has 0 heterocycles. The first kappa shape index (κ1) is 61.1. The minimum Gasteiger partial charge on any atom is -0.462 e. The molecule has 0 amide bonds. The first-order valence-corrected chi connectivity index (χ1v) is 27.3. The molecule has 0 saturated carbocycles. The van der Waals surface area contributed by atoms with E-state index in [9.17, 15) is 14.4 Å². The van der Waals surface area contributed by atoms with Crippen LogP contribution >= 0.6 is 0 Å². The average Bonchev–Trinajstić information content (AvgIpc) is 3.29. The molecule has 0 fully saturated rings. The van der Waals surface area contributed by atoms with Gasteiger partial charge in [-0.2, -0.15) is 0 Å². The quantitative estimate of drug-likeness (QED) is 0.0262. The fraction of sp³-hybridized carbons (Fsp3) is 0.776. The highest BCUT2D eigenvalue weighted by atomic mass is 16.6. The molecule has 0 N–H and O–H groups in total. The molecule has 0 aliphatic heterocycles. The number of carbonyl (C=O) groups is 3. The van der Waals surface area contributed by atoms with Crippen LogP contribution in [-0.4, -0.2) is 37.2 Å². The summed E-state index contributed by atoms with van der Waals surface area (Å²) in [5.74, 6) is -0.895. The molecule has 0 spiro atoms. The van der Waals surface area contributed by atoms with Gasteiger partial charge in [0.05, 0.1) is 0 Å². The monoisotopic (exact) mass is 895 g/mol. The first-order valence-electron chi connectivity index (χ1n) is 27.3. The van der Waals surface area contributed by atoms with Crippen LogP contribution in [-0.2, 0) is 28.6 Å². The third kappa shape index (κ3) is 50.1. The molecule has 0 aromatic rings. The Bertz CT molecular complexity index is 1170. The van der Waals surface area contributed by atoms with Crippen LogP contribution < -0.4 is 0 Å². The number of hydrogen-bond donors (Lipinski definition) is 0. The van der Waals surface area contributed by atoms with Crippen LogP contribution in [0.5, 0.6) is 0 Å². The molecule has 6 nitrogen and oxygen atoms in total. The Kier molecular flexibility index (Phi) is 50.4. The van der Waals surface area contributed by atoms with Gasteiger partial charge in [0.1, 0.15) is 13.2 Å². The van der Waals surface area contributed by atoms with Crippen molar-refractivity contribution < 1.29 is 28.6 Å². The molecule has 0 saturated heterocycles. The largest absolute Gasteiger partial charge is 0.462 e. The van der Waals surface area contributed by atoms with Gasteiger partial charge in [-0.05, 0) is 77.0 Å². The van der Waals surface area contributed by atoms with Crippen molar-refractivity contribution in [2.75, 3.05) is 13.2 Å². The summed E-state index contributed by atoms with van der Waals surface area (Å²) >= 11 is 0. The highest BCUT2D eigenvalue weighted by Gasteiger charge is 2.19. The maximum Gasteiger partial charge on any atom is 0.306 e. The summed E-state index contributed by atoms with van der Waals surface area (Å²) in [6, 6.07) is 0. The molecule has 0 aromatic carbocycles. The van der Waals surface area contributed by atoms with E-state index in [2.05, 4.69) is 81.5 Å². The van der Waals surface area contributed by atoms with Gasteiger partial charge >= 0.3 is 17.9 Å². The van der Waals surface area contributed by atoms with E-state index in [4.69, 9.17) is 14.2 Å². The SMILES string of the molecule is CC/C=C\C/C=C\C/C=C\C/C=C\CCCCCCCCC(=O)OCC(COC(=O)CCCCCCC/C=C\CCCC)OC(=O)CCCCCCCCCCCCCCCCCC. The van der Waals surface area contributed by atoms with Crippen molar-refractivity contribution in [3.05, 3.63) is 60.8 Å². The van der Waals surface area contributed by atoms with Gasteiger partial charge in [0.15, 0.2) is 6.10 Å². The zero-order valence-electron chi connectivity index (χ0n) is 42.3. The lowest BCUT2D eigenvalue weighted by atomic mass is 10.0. The second-order valence-electron chi connectivity index (χ2n) is 18.1. The summed E-state index contributed by atoms with van der Waals surface area (Å²) in [5.41, 5.74) is 0. The molecule has 6 heteroatoms. The zero-order valence-corrected chi connectivity index (χ0v) is 42.3. The maximum absolute atomic E-state index is 12.8. The number of hydrogen-bond acceptors (Lipinski definition) is 6. The van der Waals surface area contributed by atoms with E-state index in [1.165, 1.54) is 135 Å². The predicted octanol–water partition coefficient (Wildman–Crippen LogP) is 18.0. The van der Waals surface area contributed by atoms with Crippen molar-refractivity contribution in [3.63, 3.8) is 0 Å². The van der Waals surface area contributed by atoms with Crippen LogP contribution in [0.3, 0.4) is 0 Å². The average molecular weight is 895 g/mol. The van der Waals surface area contributed by atoms with E-state index >= 15 is 0 Å². The Balaban J connectivity index is 4.35. The Hall–Kier alpha value is -2.89. The van der Waals surface area contributed by atoms with E-state index in [-0.39, 0.29) is 31.1 Å². The van der Waals surface area contributed by atoms with Gasteiger partial charge in [-0.1, -0.05) is 236 Å². The lowest BCUT2D eigenvalue weighted by molar-refractivity contribution is -0.167. The van der Waals surface area contributed by atoms with E-state index in [1.807, 2.05) is 0 Å². The number of rotatable bonds is 49. The molecule has 0 aliphatic carbocycles. The van der Waals surface area contributed by atoms with Crippen molar-refractivity contribution in [3.8, 4) is 0 Å². The summed E-state index contributed by atoms with van der Waals surface area (Å²) in [5, 5.41) is 0. The third-order valence-electron chi connectivity index (χ3n) is 11.8. The first-order chi connectivity index (χ1) is 31.5. The molecule has 0 bridgehead atoms. The van der Waals surface area contributed by atoms with Crippen LogP contribution in [0.2, 0.25) is 0 Å². The molecule has 0 radical (unpaired) electrons. The fourth-order valence-electron chi connectivity index (χ4n) is 7.65. The topological polar surface area (TPSA) is 78.9 Å². The molecule has 64 heavy (non-hydrogen) atoms. The van der Waals surface area contributed by atoms with Gasteiger partial charge in [0.2, 0.25) is 0 Å². The van der Waals surface area contributed by atoms with Crippen molar-refractivity contribution in [2.24, 2.45) is 0 Å². The Morgan fingerprint density at radius 3 is 1.02 bits per heavy atom. The Labute approximate surface area is 396 Å². The summed E-state index contributed by atoms with van der Waals surface area (Å²) in [6.45, 7) is 6.49. The summed E-state index contributed by atoms with van der Waals surface area (Å²) in [4.78, 5) is 38.0. The Morgan fingerprint density at radius 2 is 0.625 bits per heavy atom.